The van der Waals surface area contributed by atoms with Crippen LogP contribution in [0.2, 0.25) is 0 Å². The maximum absolute atomic E-state index is 10.7. The smallest absolute Gasteiger partial charge is 0.248 e. The van der Waals surface area contributed by atoms with Gasteiger partial charge in [-0.25, -0.2) is 0 Å². The molecule has 2 N–H and O–H groups in total. The lowest BCUT2D eigenvalue weighted by atomic mass is 10.2. The highest BCUT2D eigenvalue weighted by Gasteiger charge is 2.00. The van der Waals surface area contributed by atoms with Gasteiger partial charge in [-0.2, -0.15) is 0 Å². The monoisotopic (exact) mass is 215 g/mol. The van der Waals surface area contributed by atoms with Gasteiger partial charge in [0, 0.05) is 5.56 Å². The molecule has 0 bridgehead atoms. The molecule has 0 saturated heterocycles. The number of primary amides is 1. The van der Waals surface area contributed by atoms with Gasteiger partial charge in [0.25, 0.3) is 0 Å². The Labute approximate surface area is 89.7 Å². The number of hydrogen-bond acceptors (Lipinski definition) is 2. The van der Waals surface area contributed by atoms with E-state index in [4.69, 9.17) is 10.5 Å². The number of rotatable bonds is 3. The predicted molar refractivity (Wildman–Crippen MR) is 58.0 cm³/mol. The lowest BCUT2D eigenvalue weighted by molar-refractivity contribution is 0.100. The minimum absolute atomic E-state index is 0. The summed E-state index contributed by atoms with van der Waals surface area (Å²) in [7, 11) is 0. The largest absolute Gasteiger partial charge is 0.491 e. The van der Waals surface area contributed by atoms with Gasteiger partial charge in [0.05, 0.1) is 6.10 Å². The molecule has 0 aromatic heterocycles. The molecule has 0 fully saturated rings. The fourth-order valence-electron chi connectivity index (χ4n) is 0.970. The van der Waals surface area contributed by atoms with E-state index in [2.05, 4.69) is 0 Å². The Morgan fingerprint density at radius 1 is 1.29 bits per heavy atom. The topological polar surface area (TPSA) is 52.3 Å². The molecule has 0 unspecified atom stereocenters. The summed E-state index contributed by atoms with van der Waals surface area (Å²) < 4.78 is 5.40. The van der Waals surface area contributed by atoms with E-state index >= 15 is 0 Å². The lowest BCUT2D eigenvalue weighted by Gasteiger charge is -2.09. The van der Waals surface area contributed by atoms with Gasteiger partial charge in [-0.3, -0.25) is 4.79 Å². The number of ether oxygens (including phenoxy) is 1. The Balaban J connectivity index is 0.00000169. The van der Waals surface area contributed by atoms with Crippen molar-refractivity contribution in [1.29, 1.82) is 0 Å². The second kappa shape index (κ2) is 5.50. The average molecular weight is 216 g/mol. The van der Waals surface area contributed by atoms with Gasteiger partial charge in [-0.15, -0.1) is 12.4 Å². The first-order valence-corrected chi connectivity index (χ1v) is 4.16. The molecule has 1 aromatic rings. The summed E-state index contributed by atoms with van der Waals surface area (Å²) in [4.78, 5) is 10.7. The number of amides is 1. The molecule has 0 aliphatic heterocycles. The second-order valence-corrected chi connectivity index (χ2v) is 3.06. The summed E-state index contributed by atoms with van der Waals surface area (Å²) in [6, 6.07) is 6.78. The van der Waals surface area contributed by atoms with Crippen LogP contribution in [0.1, 0.15) is 24.2 Å². The van der Waals surface area contributed by atoms with E-state index in [0.717, 1.165) is 5.75 Å². The maximum Gasteiger partial charge on any atom is 0.248 e. The van der Waals surface area contributed by atoms with Crippen LogP contribution >= 0.6 is 12.4 Å². The van der Waals surface area contributed by atoms with Gasteiger partial charge in [0.15, 0.2) is 0 Å². The fraction of sp³-hybridized carbons (Fsp3) is 0.300. The Hall–Kier alpha value is -1.22. The number of hydrogen-bond donors (Lipinski definition) is 1. The van der Waals surface area contributed by atoms with E-state index in [1.807, 2.05) is 13.8 Å². The van der Waals surface area contributed by atoms with Crippen molar-refractivity contribution in [3.63, 3.8) is 0 Å². The van der Waals surface area contributed by atoms with Crippen LogP contribution in [0.25, 0.3) is 0 Å². The van der Waals surface area contributed by atoms with Crippen LogP contribution < -0.4 is 10.5 Å². The summed E-state index contributed by atoms with van der Waals surface area (Å²) in [5.74, 6) is 0.330. The molecule has 0 heterocycles. The lowest BCUT2D eigenvalue weighted by Crippen LogP contribution is -2.11. The first-order valence-electron chi connectivity index (χ1n) is 4.16. The molecule has 4 heteroatoms. The zero-order valence-electron chi connectivity index (χ0n) is 8.19. The SMILES string of the molecule is CC(C)Oc1ccc(C(N)=O)cc1.Cl. The van der Waals surface area contributed by atoms with Crippen molar-refractivity contribution in [2.75, 3.05) is 0 Å². The van der Waals surface area contributed by atoms with Gasteiger partial charge in [0.1, 0.15) is 5.75 Å². The molecule has 1 amide bonds. The number of carbonyl (C=O) groups is 1. The van der Waals surface area contributed by atoms with Crippen molar-refractivity contribution in [3.05, 3.63) is 29.8 Å². The van der Waals surface area contributed by atoms with Gasteiger partial charge in [0.2, 0.25) is 5.91 Å². The summed E-state index contributed by atoms with van der Waals surface area (Å²) in [6.07, 6.45) is 0.138. The van der Waals surface area contributed by atoms with Gasteiger partial charge >= 0.3 is 0 Å². The minimum atomic E-state index is -0.420. The van der Waals surface area contributed by atoms with Gasteiger partial charge in [-0.1, -0.05) is 0 Å². The first-order chi connectivity index (χ1) is 6.09. The quantitative estimate of drug-likeness (QED) is 0.839. The molecule has 0 spiro atoms. The highest BCUT2D eigenvalue weighted by Crippen LogP contribution is 2.13. The van der Waals surface area contributed by atoms with Crippen LogP contribution in [0, 0.1) is 0 Å². The molecular formula is C10H14ClNO2. The molecule has 78 valence electrons. The van der Waals surface area contributed by atoms with Crippen LogP contribution in [-0.4, -0.2) is 12.0 Å². The molecule has 0 aliphatic carbocycles. The van der Waals surface area contributed by atoms with Crippen LogP contribution in [0.3, 0.4) is 0 Å². The Kier molecular flexibility index (Phi) is 5.02. The van der Waals surface area contributed by atoms with Crippen molar-refractivity contribution in [1.82, 2.24) is 0 Å². The van der Waals surface area contributed by atoms with Crippen LogP contribution in [0.15, 0.2) is 24.3 Å². The average Bonchev–Trinajstić information content (AvgIpc) is 2.04. The number of nitrogens with two attached hydrogens (primary N) is 1. The Morgan fingerprint density at radius 3 is 2.14 bits per heavy atom. The molecule has 1 rings (SSSR count). The summed E-state index contributed by atoms with van der Waals surface area (Å²) in [5, 5.41) is 0. The third kappa shape index (κ3) is 3.66. The number of carbonyl (C=O) groups excluding carboxylic acids is 1. The van der Waals surface area contributed by atoms with Crippen molar-refractivity contribution in [2.45, 2.75) is 20.0 Å². The molecule has 3 nitrogen and oxygen atoms in total. The molecule has 0 aliphatic rings. The van der Waals surface area contributed by atoms with Gasteiger partial charge in [-0.05, 0) is 38.1 Å². The molecule has 14 heavy (non-hydrogen) atoms. The van der Waals surface area contributed by atoms with Crippen molar-refractivity contribution in [3.8, 4) is 5.75 Å². The van der Waals surface area contributed by atoms with Crippen LogP contribution in [0.5, 0.6) is 5.75 Å². The Bertz CT molecular complexity index is 295. The molecular weight excluding hydrogens is 202 g/mol. The van der Waals surface area contributed by atoms with Gasteiger partial charge < -0.3 is 10.5 Å². The van der Waals surface area contributed by atoms with Crippen LogP contribution in [-0.2, 0) is 0 Å². The molecule has 0 saturated carbocycles. The standard InChI is InChI=1S/C10H13NO2.ClH/c1-7(2)13-9-5-3-8(4-6-9)10(11)12;/h3-7H,1-2H3,(H2,11,12);1H. The van der Waals surface area contributed by atoms with E-state index in [-0.39, 0.29) is 18.5 Å². The van der Waals surface area contributed by atoms with E-state index in [1.165, 1.54) is 0 Å². The molecule has 1 aromatic carbocycles. The molecule has 0 radical (unpaired) electrons. The summed E-state index contributed by atoms with van der Waals surface area (Å²) in [5.41, 5.74) is 5.58. The summed E-state index contributed by atoms with van der Waals surface area (Å²) in [6.45, 7) is 3.89. The summed E-state index contributed by atoms with van der Waals surface area (Å²) >= 11 is 0. The minimum Gasteiger partial charge on any atom is -0.491 e. The first kappa shape index (κ1) is 12.8. The highest BCUT2D eigenvalue weighted by molar-refractivity contribution is 5.92. The highest BCUT2D eigenvalue weighted by atomic mass is 35.5. The Morgan fingerprint density at radius 2 is 1.79 bits per heavy atom. The third-order valence-corrected chi connectivity index (χ3v) is 1.51. The van der Waals surface area contributed by atoms with E-state index in [1.54, 1.807) is 24.3 Å². The maximum atomic E-state index is 10.7. The zero-order valence-corrected chi connectivity index (χ0v) is 9.01. The third-order valence-electron chi connectivity index (χ3n) is 1.51. The normalized spacial score (nSPS) is 9.36. The van der Waals surface area contributed by atoms with Crippen molar-refractivity contribution in [2.24, 2.45) is 5.73 Å². The molecule has 0 atom stereocenters. The van der Waals surface area contributed by atoms with E-state index in [0.29, 0.717) is 5.56 Å². The number of benzene rings is 1. The van der Waals surface area contributed by atoms with E-state index in [9.17, 15) is 4.79 Å². The fourth-order valence-corrected chi connectivity index (χ4v) is 0.970. The van der Waals surface area contributed by atoms with Crippen molar-refractivity contribution >= 4 is 18.3 Å². The van der Waals surface area contributed by atoms with Crippen molar-refractivity contribution < 1.29 is 9.53 Å². The zero-order chi connectivity index (χ0) is 9.84. The van der Waals surface area contributed by atoms with Crippen LogP contribution in [0.4, 0.5) is 0 Å². The van der Waals surface area contributed by atoms with E-state index < -0.39 is 5.91 Å². The second-order valence-electron chi connectivity index (χ2n) is 3.06. The number of halogens is 1. The predicted octanol–water partition coefficient (Wildman–Crippen LogP) is 1.99.